The van der Waals surface area contributed by atoms with Crippen LogP contribution in [-0.4, -0.2) is 38.0 Å². The number of pyridine rings is 1. The van der Waals surface area contributed by atoms with Crippen molar-refractivity contribution in [3.63, 3.8) is 0 Å². The lowest BCUT2D eigenvalue weighted by Crippen LogP contribution is -2.41. The van der Waals surface area contributed by atoms with Crippen LogP contribution >= 0.6 is 0 Å². The van der Waals surface area contributed by atoms with E-state index in [4.69, 9.17) is 9.31 Å². The van der Waals surface area contributed by atoms with Crippen LogP contribution in [0.25, 0.3) is 0 Å². The fourth-order valence-corrected chi connectivity index (χ4v) is 2.38. The van der Waals surface area contributed by atoms with Crippen molar-refractivity contribution in [1.82, 2.24) is 4.98 Å². The van der Waals surface area contributed by atoms with E-state index < -0.39 is 28.3 Å². The Bertz CT molecular complexity index is 600. The molecule has 2 heterocycles. The fraction of sp³-hybridized carbons (Fsp3) is 0.583. The van der Waals surface area contributed by atoms with E-state index in [1.54, 1.807) is 12.3 Å². The van der Waals surface area contributed by atoms with Crippen LogP contribution < -0.4 is 10.2 Å². The number of rotatable bonds is 3. The smallest absolute Gasteiger partial charge is 0.399 e. The van der Waals surface area contributed by atoms with E-state index in [-0.39, 0.29) is 0 Å². The number of hydrogen-bond acceptors (Lipinski definition) is 5. The van der Waals surface area contributed by atoms with E-state index >= 15 is 0 Å². The Hall–Kier alpha value is -1.12. The Morgan fingerprint density at radius 2 is 1.70 bits per heavy atom. The summed E-state index contributed by atoms with van der Waals surface area (Å²) in [7, 11) is -3.90. The average molecular weight is 298 g/mol. The molecule has 0 unspecified atom stereocenters. The molecule has 1 N–H and O–H groups in total. The third-order valence-corrected chi connectivity index (χ3v) is 4.19. The molecule has 0 spiro atoms. The van der Waals surface area contributed by atoms with Gasteiger partial charge in [0.1, 0.15) is 0 Å². The van der Waals surface area contributed by atoms with Gasteiger partial charge in [0, 0.05) is 11.7 Å². The summed E-state index contributed by atoms with van der Waals surface area (Å²) in [4.78, 5) is 4.02. The van der Waals surface area contributed by atoms with Crippen LogP contribution in [0.1, 0.15) is 27.7 Å². The Balaban J connectivity index is 2.25. The molecule has 8 heteroatoms. The Morgan fingerprint density at radius 3 is 2.20 bits per heavy atom. The Morgan fingerprint density at radius 1 is 1.15 bits per heavy atom. The van der Waals surface area contributed by atoms with Gasteiger partial charge in [-0.15, -0.1) is 0 Å². The average Bonchev–Trinajstić information content (AvgIpc) is 2.46. The van der Waals surface area contributed by atoms with Gasteiger partial charge >= 0.3 is 7.12 Å². The zero-order valence-corrected chi connectivity index (χ0v) is 13.1. The summed E-state index contributed by atoms with van der Waals surface area (Å²) in [6.07, 6.45) is 4.14. The molecule has 0 aromatic carbocycles. The molecule has 1 aromatic rings. The fourth-order valence-electron chi connectivity index (χ4n) is 1.84. The summed E-state index contributed by atoms with van der Waals surface area (Å²) in [5, 5.41) is 0. The predicted octanol–water partition coefficient (Wildman–Crippen LogP) is 0.752. The summed E-state index contributed by atoms with van der Waals surface area (Å²) in [6, 6.07) is 1.66. The predicted molar refractivity (Wildman–Crippen MR) is 78.4 cm³/mol. The molecule has 1 aromatic heterocycles. The van der Waals surface area contributed by atoms with E-state index in [0.29, 0.717) is 11.2 Å². The first-order valence-corrected chi connectivity index (χ1v) is 8.18. The molecule has 20 heavy (non-hydrogen) atoms. The monoisotopic (exact) mass is 298 g/mol. The largest absolute Gasteiger partial charge is 0.496 e. The highest BCUT2D eigenvalue weighted by Crippen LogP contribution is 2.36. The summed E-state index contributed by atoms with van der Waals surface area (Å²) in [6.45, 7) is 7.83. The van der Waals surface area contributed by atoms with Gasteiger partial charge in [0.05, 0.1) is 29.3 Å². The highest BCUT2D eigenvalue weighted by Gasteiger charge is 2.51. The van der Waals surface area contributed by atoms with Gasteiger partial charge in [-0.05, 0) is 33.8 Å². The van der Waals surface area contributed by atoms with E-state index in [9.17, 15) is 8.42 Å². The zero-order chi connectivity index (χ0) is 15.2. The number of aromatic nitrogens is 1. The van der Waals surface area contributed by atoms with Crippen LogP contribution in [0.4, 0.5) is 5.69 Å². The molecule has 6 nitrogen and oxygen atoms in total. The van der Waals surface area contributed by atoms with Gasteiger partial charge in [-0.3, -0.25) is 9.71 Å². The maximum atomic E-state index is 11.2. The lowest BCUT2D eigenvalue weighted by Gasteiger charge is -2.32. The van der Waals surface area contributed by atoms with Crippen molar-refractivity contribution in [2.45, 2.75) is 38.9 Å². The second-order valence-corrected chi connectivity index (χ2v) is 7.72. The topological polar surface area (TPSA) is 77.5 Å². The minimum Gasteiger partial charge on any atom is -0.399 e. The first-order valence-electron chi connectivity index (χ1n) is 6.29. The number of hydrogen-bond donors (Lipinski definition) is 1. The van der Waals surface area contributed by atoms with Gasteiger partial charge in [-0.1, -0.05) is 0 Å². The molecule has 0 aliphatic carbocycles. The van der Waals surface area contributed by atoms with Crippen LogP contribution in [-0.2, 0) is 19.3 Å². The van der Waals surface area contributed by atoms with E-state index in [1.165, 1.54) is 6.20 Å². The number of sulfonamides is 1. The highest BCUT2D eigenvalue weighted by molar-refractivity contribution is 7.92. The van der Waals surface area contributed by atoms with Crippen LogP contribution in [0.3, 0.4) is 0 Å². The van der Waals surface area contributed by atoms with Gasteiger partial charge < -0.3 is 9.31 Å². The summed E-state index contributed by atoms with van der Waals surface area (Å²) >= 11 is 0. The first kappa shape index (κ1) is 15.3. The molecule has 0 bridgehead atoms. The lowest BCUT2D eigenvalue weighted by atomic mass is 9.80. The first-order chi connectivity index (χ1) is 9.00. The summed E-state index contributed by atoms with van der Waals surface area (Å²) in [5.74, 6) is 0. The van der Waals surface area contributed by atoms with E-state index in [2.05, 4.69) is 9.71 Å². The molecule has 0 amide bonds. The van der Waals surface area contributed by atoms with Crippen molar-refractivity contribution < 1.29 is 17.7 Å². The standard InChI is InChI=1S/C12H19BN2O4S/c1-11(2)12(3,4)19-13(18-11)9-6-10(8-14-7-9)15-20(5,16)17/h6-8,15H,1-5H3. The molecule has 1 saturated heterocycles. The minimum absolute atomic E-state index is 0.389. The number of nitrogens with zero attached hydrogens (tertiary/aromatic N) is 1. The molecular weight excluding hydrogens is 279 g/mol. The van der Waals surface area contributed by atoms with E-state index in [0.717, 1.165) is 6.26 Å². The van der Waals surface area contributed by atoms with Gasteiger partial charge in [-0.2, -0.15) is 0 Å². The molecular formula is C12H19BN2O4S. The second kappa shape index (κ2) is 4.72. The molecule has 1 fully saturated rings. The maximum absolute atomic E-state index is 11.2. The second-order valence-electron chi connectivity index (χ2n) is 5.97. The maximum Gasteiger partial charge on any atom is 0.496 e. The highest BCUT2D eigenvalue weighted by atomic mass is 32.2. The van der Waals surface area contributed by atoms with Crippen molar-refractivity contribution in [3.05, 3.63) is 18.5 Å². The van der Waals surface area contributed by atoms with E-state index in [1.807, 2.05) is 27.7 Å². The van der Waals surface area contributed by atoms with Gasteiger partial charge in [0.2, 0.25) is 10.0 Å². The number of anilines is 1. The van der Waals surface area contributed by atoms with Crippen LogP contribution in [0.2, 0.25) is 0 Å². The SMILES string of the molecule is CC1(C)OB(c2cncc(NS(C)(=O)=O)c2)OC1(C)C. The van der Waals surface area contributed by atoms with Gasteiger partial charge in [0.25, 0.3) is 0 Å². The number of nitrogens with one attached hydrogen (secondary N) is 1. The molecule has 2 rings (SSSR count). The van der Waals surface area contributed by atoms with Gasteiger partial charge in [0.15, 0.2) is 0 Å². The zero-order valence-electron chi connectivity index (χ0n) is 12.3. The molecule has 1 aliphatic rings. The Kier molecular flexibility index (Phi) is 3.60. The summed E-state index contributed by atoms with van der Waals surface area (Å²) < 4.78 is 36.7. The summed E-state index contributed by atoms with van der Waals surface area (Å²) in [5.41, 5.74) is 0.174. The molecule has 0 atom stereocenters. The molecule has 1 aliphatic heterocycles. The third-order valence-electron chi connectivity index (χ3n) is 3.59. The molecule has 110 valence electrons. The van der Waals surface area contributed by atoms with Crippen LogP contribution in [0, 0.1) is 0 Å². The molecule has 0 saturated carbocycles. The Labute approximate surface area is 120 Å². The normalized spacial score (nSPS) is 20.9. The van der Waals surface area contributed by atoms with Gasteiger partial charge in [-0.25, -0.2) is 8.42 Å². The van der Waals surface area contributed by atoms with Crippen LogP contribution in [0.15, 0.2) is 18.5 Å². The quantitative estimate of drug-likeness (QED) is 0.833. The van der Waals surface area contributed by atoms with Crippen molar-refractivity contribution >= 4 is 28.3 Å². The lowest BCUT2D eigenvalue weighted by molar-refractivity contribution is 0.00578. The van der Waals surface area contributed by atoms with Crippen molar-refractivity contribution in [2.75, 3.05) is 11.0 Å². The third kappa shape index (κ3) is 3.13. The van der Waals surface area contributed by atoms with Crippen molar-refractivity contribution in [1.29, 1.82) is 0 Å². The molecule has 0 radical (unpaired) electrons. The van der Waals surface area contributed by atoms with Crippen molar-refractivity contribution in [2.24, 2.45) is 0 Å². The van der Waals surface area contributed by atoms with Crippen molar-refractivity contribution in [3.8, 4) is 0 Å². The minimum atomic E-state index is -3.33. The van der Waals surface area contributed by atoms with Crippen LogP contribution in [0.5, 0.6) is 0 Å².